The third-order valence-electron chi connectivity index (χ3n) is 3.29. The molecule has 0 aliphatic carbocycles. The highest BCUT2D eigenvalue weighted by atomic mass is 32.2. The fourth-order valence-electron chi connectivity index (χ4n) is 2.21. The number of thiocarbonyl (C=S) groups is 1. The topological polar surface area (TPSA) is 29.5 Å². The summed E-state index contributed by atoms with van der Waals surface area (Å²) in [5, 5.41) is 0. The van der Waals surface area contributed by atoms with E-state index in [0.717, 1.165) is 36.1 Å². The molecule has 2 rings (SSSR count). The molecule has 90 valence electrons. The van der Waals surface area contributed by atoms with Gasteiger partial charge in [0.05, 0.1) is 11.5 Å². The first-order chi connectivity index (χ1) is 7.53. The molecule has 2 saturated heterocycles. The van der Waals surface area contributed by atoms with Gasteiger partial charge >= 0.3 is 0 Å². The van der Waals surface area contributed by atoms with Crippen molar-refractivity contribution in [2.24, 2.45) is 5.41 Å². The van der Waals surface area contributed by atoms with Crippen LogP contribution < -0.4 is 0 Å². The van der Waals surface area contributed by atoms with Gasteiger partial charge in [0, 0.05) is 18.9 Å². The highest BCUT2D eigenvalue weighted by Crippen LogP contribution is 2.34. The molecule has 0 radical (unpaired) electrons. The molecule has 0 aromatic carbocycles. The number of amides is 1. The lowest BCUT2D eigenvalue weighted by Gasteiger charge is -2.32. The second kappa shape index (κ2) is 4.63. The third-order valence-corrected chi connectivity index (χ3v) is 4.72. The van der Waals surface area contributed by atoms with Crippen LogP contribution in [0.25, 0.3) is 0 Å². The Kier molecular flexibility index (Phi) is 3.56. The summed E-state index contributed by atoms with van der Waals surface area (Å²) < 4.78 is 6.35. The summed E-state index contributed by atoms with van der Waals surface area (Å²) >= 11 is 6.78. The van der Waals surface area contributed by atoms with Crippen LogP contribution in [0.3, 0.4) is 0 Å². The van der Waals surface area contributed by atoms with Crippen molar-refractivity contribution < 1.29 is 9.53 Å². The quantitative estimate of drug-likeness (QED) is 0.710. The van der Waals surface area contributed by atoms with E-state index in [2.05, 4.69) is 0 Å². The lowest BCUT2D eigenvalue weighted by atomic mass is 9.83. The average Bonchev–Trinajstić information content (AvgIpc) is 2.86. The molecule has 0 aromatic heterocycles. The van der Waals surface area contributed by atoms with Crippen molar-refractivity contribution in [2.45, 2.75) is 32.8 Å². The molecule has 0 N–H and O–H groups in total. The summed E-state index contributed by atoms with van der Waals surface area (Å²) in [6, 6.07) is 0. The van der Waals surface area contributed by atoms with Crippen LogP contribution in [0.5, 0.6) is 0 Å². The van der Waals surface area contributed by atoms with Crippen molar-refractivity contribution in [1.82, 2.24) is 4.90 Å². The highest BCUT2D eigenvalue weighted by Gasteiger charge is 2.43. The number of nitrogens with zero attached hydrogens (tertiary/aromatic N) is 1. The molecule has 0 spiro atoms. The van der Waals surface area contributed by atoms with Gasteiger partial charge in [-0.1, -0.05) is 24.0 Å². The standard InChI is InChI=1S/C11H17NO2S2/c1-11(2,8-4-3-6-14-8)9(13)12-5-7-16-10(12)15/h8H,3-7H2,1-2H3. The van der Waals surface area contributed by atoms with Gasteiger partial charge in [-0.3, -0.25) is 9.69 Å². The van der Waals surface area contributed by atoms with Gasteiger partial charge in [0.25, 0.3) is 0 Å². The Morgan fingerprint density at radius 1 is 1.62 bits per heavy atom. The maximum absolute atomic E-state index is 12.4. The highest BCUT2D eigenvalue weighted by molar-refractivity contribution is 8.23. The van der Waals surface area contributed by atoms with E-state index >= 15 is 0 Å². The van der Waals surface area contributed by atoms with Crippen LogP contribution >= 0.6 is 24.0 Å². The van der Waals surface area contributed by atoms with E-state index in [0.29, 0.717) is 0 Å². The van der Waals surface area contributed by atoms with E-state index in [-0.39, 0.29) is 12.0 Å². The molecule has 1 unspecified atom stereocenters. The van der Waals surface area contributed by atoms with E-state index in [9.17, 15) is 4.79 Å². The van der Waals surface area contributed by atoms with Crippen LogP contribution in [-0.4, -0.2) is 40.1 Å². The summed E-state index contributed by atoms with van der Waals surface area (Å²) in [5.41, 5.74) is -0.453. The monoisotopic (exact) mass is 259 g/mol. The zero-order valence-corrected chi connectivity index (χ0v) is 11.3. The first-order valence-corrected chi connectivity index (χ1v) is 7.03. The number of carbonyl (C=O) groups is 1. The molecule has 2 fully saturated rings. The number of hydrogen-bond donors (Lipinski definition) is 0. The Hall–Kier alpha value is -0.130. The number of carbonyl (C=O) groups excluding carboxylic acids is 1. The Balaban J connectivity index is 2.09. The van der Waals surface area contributed by atoms with Crippen LogP contribution in [0.2, 0.25) is 0 Å². The Bertz CT molecular complexity index is 311. The fraction of sp³-hybridized carbons (Fsp3) is 0.818. The molecule has 2 aliphatic heterocycles. The molecule has 3 nitrogen and oxygen atoms in total. The predicted molar refractivity (Wildman–Crippen MR) is 69.5 cm³/mol. The van der Waals surface area contributed by atoms with Gasteiger partial charge in [0.2, 0.25) is 5.91 Å². The van der Waals surface area contributed by atoms with E-state index < -0.39 is 5.41 Å². The molecule has 1 amide bonds. The molecule has 0 saturated carbocycles. The van der Waals surface area contributed by atoms with E-state index in [1.165, 1.54) is 0 Å². The SMILES string of the molecule is CC(C)(C(=O)N1CCSC1=S)C1CCCO1. The minimum Gasteiger partial charge on any atom is -0.377 e. The van der Waals surface area contributed by atoms with Crippen LogP contribution in [0.15, 0.2) is 0 Å². The molecule has 1 atom stereocenters. The summed E-state index contributed by atoms with van der Waals surface area (Å²) in [6.07, 6.45) is 2.08. The van der Waals surface area contributed by atoms with Crippen molar-refractivity contribution in [3.63, 3.8) is 0 Å². The predicted octanol–water partition coefficient (Wildman–Crippen LogP) is 2.05. The molecule has 2 heterocycles. The van der Waals surface area contributed by atoms with Gasteiger partial charge in [0.15, 0.2) is 0 Å². The van der Waals surface area contributed by atoms with Crippen molar-refractivity contribution >= 4 is 34.2 Å². The van der Waals surface area contributed by atoms with E-state index in [4.69, 9.17) is 17.0 Å². The molecule has 16 heavy (non-hydrogen) atoms. The van der Waals surface area contributed by atoms with Crippen LogP contribution in [-0.2, 0) is 9.53 Å². The normalized spacial score (nSPS) is 26.5. The smallest absolute Gasteiger partial charge is 0.236 e. The van der Waals surface area contributed by atoms with E-state index in [1.54, 1.807) is 16.7 Å². The maximum Gasteiger partial charge on any atom is 0.236 e. The molecule has 0 bridgehead atoms. The Labute approximate surface area is 106 Å². The van der Waals surface area contributed by atoms with Crippen molar-refractivity contribution in [3.05, 3.63) is 0 Å². The minimum absolute atomic E-state index is 0.0494. The van der Waals surface area contributed by atoms with Crippen LogP contribution in [0.1, 0.15) is 26.7 Å². The van der Waals surface area contributed by atoms with E-state index in [1.807, 2.05) is 13.8 Å². The van der Waals surface area contributed by atoms with Crippen LogP contribution in [0, 0.1) is 5.41 Å². The van der Waals surface area contributed by atoms with Gasteiger partial charge in [0.1, 0.15) is 4.32 Å². The molecule has 0 aromatic rings. The molecule has 2 aliphatic rings. The zero-order valence-electron chi connectivity index (χ0n) is 9.69. The molecule has 5 heteroatoms. The maximum atomic E-state index is 12.4. The first kappa shape index (κ1) is 12.3. The summed E-state index contributed by atoms with van der Waals surface area (Å²) in [5.74, 6) is 1.04. The zero-order chi connectivity index (χ0) is 11.8. The minimum atomic E-state index is -0.453. The summed E-state index contributed by atoms with van der Waals surface area (Å²) in [6.45, 7) is 5.47. The summed E-state index contributed by atoms with van der Waals surface area (Å²) in [4.78, 5) is 14.1. The number of hydrogen-bond acceptors (Lipinski definition) is 4. The van der Waals surface area contributed by atoms with Crippen molar-refractivity contribution in [2.75, 3.05) is 18.9 Å². The Morgan fingerprint density at radius 2 is 2.38 bits per heavy atom. The largest absolute Gasteiger partial charge is 0.377 e. The molecular formula is C11H17NO2S2. The van der Waals surface area contributed by atoms with Crippen molar-refractivity contribution in [3.8, 4) is 0 Å². The lowest BCUT2D eigenvalue weighted by molar-refractivity contribution is -0.142. The molecular weight excluding hydrogens is 242 g/mol. The van der Waals surface area contributed by atoms with Gasteiger partial charge in [-0.2, -0.15) is 0 Å². The number of ether oxygens (including phenoxy) is 1. The van der Waals surface area contributed by atoms with Gasteiger partial charge < -0.3 is 4.74 Å². The van der Waals surface area contributed by atoms with Crippen molar-refractivity contribution in [1.29, 1.82) is 0 Å². The van der Waals surface area contributed by atoms with Crippen LogP contribution in [0.4, 0.5) is 0 Å². The van der Waals surface area contributed by atoms with Gasteiger partial charge in [-0.05, 0) is 26.7 Å². The summed E-state index contributed by atoms with van der Waals surface area (Å²) in [7, 11) is 0. The Morgan fingerprint density at radius 3 is 2.88 bits per heavy atom. The fourth-order valence-corrected chi connectivity index (χ4v) is 3.41. The number of rotatable bonds is 2. The number of thioether (sulfide) groups is 1. The third kappa shape index (κ3) is 2.13. The second-order valence-corrected chi connectivity index (χ2v) is 6.52. The lowest BCUT2D eigenvalue weighted by Crippen LogP contribution is -2.46. The average molecular weight is 259 g/mol. The first-order valence-electron chi connectivity index (χ1n) is 5.64. The second-order valence-electron chi connectivity index (χ2n) is 4.79. The van der Waals surface area contributed by atoms with Gasteiger partial charge in [-0.15, -0.1) is 0 Å². The van der Waals surface area contributed by atoms with Gasteiger partial charge in [-0.25, -0.2) is 0 Å².